The summed E-state index contributed by atoms with van der Waals surface area (Å²) in [5.74, 6) is 0.0615. The van der Waals surface area contributed by atoms with Crippen molar-refractivity contribution in [3.05, 3.63) is 47.9 Å². The Balaban J connectivity index is 2.01. The Bertz CT molecular complexity index is 838. The summed E-state index contributed by atoms with van der Waals surface area (Å²) in [4.78, 5) is 21.0. The van der Waals surface area contributed by atoms with Crippen LogP contribution in [0.5, 0.6) is 5.75 Å². The van der Waals surface area contributed by atoms with E-state index < -0.39 is 5.82 Å². The number of hydrogen-bond acceptors (Lipinski definition) is 6. The minimum Gasteiger partial charge on any atom is -0.486 e. The minimum absolute atomic E-state index is 0.0294. The highest BCUT2D eigenvalue weighted by molar-refractivity contribution is 5.99. The van der Waals surface area contributed by atoms with E-state index in [0.29, 0.717) is 29.6 Å². The number of halogens is 1. The van der Waals surface area contributed by atoms with E-state index in [2.05, 4.69) is 25.9 Å². The summed E-state index contributed by atoms with van der Waals surface area (Å²) in [6.07, 6.45) is 5.06. The number of carbonyl (C=O) groups is 1. The van der Waals surface area contributed by atoms with E-state index in [1.54, 1.807) is 12.1 Å². The molecule has 0 spiro atoms. The quantitative estimate of drug-likeness (QED) is 0.717. The van der Waals surface area contributed by atoms with E-state index in [1.165, 1.54) is 18.3 Å². The molecule has 1 aliphatic heterocycles. The smallest absolute Gasteiger partial charge is 0.256 e. The largest absolute Gasteiger partial charge is 0.486 e. The predicted octanol–water partition coefficient (Wildman–Crippen LogP) is 2.86. The zero-order valence-corrected chi connectivity index (χ0v) is 14.5. The number of rotatable bonds is 2. The molecule has 2 aromatic rings. The lowest BCUT2D eigenvalue weighted by Gasteiger charge is -2.14. The molecule has 0 saturated heterocycles. The van der Waals surface area contributed by atoms with Crippen LogP contribution >= 0.6 is 0 Å². The summed E-state index contributed by atoms with van der Waals surface area (Å²) in [6.45, 7) is 4.45. The van der Waals surface area contributed by atoms with Gasteiger partial charge in [0.2, 0.25) is 5.95 Å². The number of nitrogens with zero attached hydrogens (tertiary/aromatic N) is 2. The first kappa shape index (κ1) is 17.7. The molecule has 1 aliphatic rings. The Morgan fingerprint density at radius 2 is 2.19 bits per heavy atom. The van der Waals surface area contributed by atoms with Crippen molar-refractivity contribution in [3.63, 3.8) is 0 Å². The molecule has 1 aromatic heterocycles. The second kappa shape index (κ2) is 7.81. The summed E-state index contributed by atoms with van der Waals surface area (Å²) in [7, 11) is 0. The Labute approximate surface area is 150 Å². The molecule has 0 aliphatic carbocycles. The number of hydrogen-bond donors (Lipinski definition) is 3. The minimum atomic E-state index is -0.460. The highest BCUT2D eigenvalue weighted by atomic mass is 19.1. The van der Waals surface area contributed by atoms with Gasteiger partial charge < -0.3 is 20.7 Å². The van der Waals surface area contributed by atoms with Crippen molar-refractivity contribution in [2.24, 2.45) is 0 Å². The van der Waals surface area contributed by atoms with Crippen LogP contribution in [0.15, 0.2) is 36.5 Å². The number of carbonyl (C=O) groups excluding carboxylic acids is 1. The van der Waals surface area contributed by atoms with Crippen LogP contribution in [0.3, 0.4) is 0 Å². The maximum Gasteiger partial charge on any atom is 0.256 e. The fourth-order valence-electron chi connectivity index (χ4n) is 2.34. The first-order valence-corrected chi connectivity index (χ1v) is 8.29. The number of benzene rings is 1. The molecule has 0 fully saturated rings. The van der Waals surface area contributed by atoms with Gasteiger partial charge in [-0.15, -0.1) is 0 Å². The van der Waals surface area contributed by atoms with Crippen molar-refractivity contribution in [2.75, 3.05) is 23.8 Å². The Kier molecular flexibility index (Phi) is 5.31. The van der Waals surface area contributed by atoms with Gasteiger partial charge in [-0.3, -0.25) is 4.79 Å². The molecule has 3 N–H and O–H groups in total. The van der Waals surface area contributed by atoms with Crippen LogP contribution in [0, 0.1) is 5.82 Å². The molecule has 0 unspecified atom stereocenters. The van der Waals surface area contributed by atoms with E-state index in [9.17, 15) is 9.18 Å². The standard InChI is InChI=1S/C18H20FN5O2/c1-11(2)22-17(25)13-10-21-18-20-7-3-4-8-26-15-9-12(5-6-14(15)19)23-16(13)24-18/h3-6,9-11H,7-8H2,1-2H3,(H,22,25)(H2,20,21,23,24)/b4-3-. The van der Waals surface area contributed by atoms with E-state index in [0.717, 1.165) is 0 Å². The van der Waals surface area contributed by atoms with Crippen LogP contribution in [0.25, 0.3) is 0 Å². The molecule has 8 heteroatoms. The van der Waals surface area contributed by atoms with Crippen molar-refractivity contribution >= 4 is 23.4 Å². The molecule has 0 saturated carbocycles. The van der Waals surface area contributed by atoms with Gasteiger partial charge in [0.25, 0.3) is 5.91 Å². The average molecular weight is 357 g/mol. The Hall–Kier alpha value is -3.16. The van der Waals surface area contributed by atoms with E-state index in [1.807, 2.05) is 19.9 Å². The lowest BCUT2D eigenvalue weighted by atomic mass is 10.2. The van der Waals surface area contributed by atoms with E-state index in [4.69, 9.17) is 4.74 Å². The van der Waals surface area contributed by atoms with Gasteiger partial charge in [0.05, 0.1) is 0 Å². The third kappa shape index (κ3) is 4.27. The maximum absolute atomic E-state index is 13.9. The molecular formula is C18H20FN5O2. The average Bonchev–Trinajstić information content (AvgIpc) is 2.60. The fourth-order valence-corrected chi connectivity index (χ4v) is 2.34. The lowest BCUT2D eigenvalue weighted by Crippen LogP contribution is -2.31. The monoisotopic (exact) mass is 357 g/mol. The van der Waals surface area contributed by atoms with Crippen LogP contribution in [-0.4, -0.2) is 35.1 Å². The van der Waals surface area contributed by atoms with Gasteiger partial charge in [-0.05, 0) is 32.1 Å². The number of fused-ring (bicyclic) bond motifs is 4. The van der Waals surface area contributed by atoms with Crippen LogP contribution in [-0.2, 0) is 0 Å². The highest BCUT2D eigenvalue weighted by Gasteiger charge is 2.17. The summed E-state index contributed by atoms with van der Waals surface area (Å²) in [5.41, 5.74) is 0.842. The Morgan fingerprint density at radius 1 is 1.35 bits per heavy atom. The molecule has 3 rings (SSSR count). The molecule has 0 radical (unpaired) electrons. The first-order chi connectivity index (χ1) is 12.5. The van der Waals surface area contributed by atoms with Crippen LogP contribution in [0.1, 0.15) is 24.2 Å². The molecule has 26 heavy (non-hydrogen) atoms. The topological polar surface area (TPSA) is 88.2 Å². The van der Waals surface area contributed by atoms with Crippen molar-refractivity contribution in [2.45, 2.75) is 19.9 Å². The molecule has 7 nitrogen and oxygen atoms in total. The first-order valence-electron chi connectivity index (χ1n) is 8.29. The van der Waals surface area contributed by atoms with Crippen molar-refractivity contribution in [3.8, 4) is 5.75 Å². The zero-order chi connectivity index (χ0) is 18.5. The Morgan fingerprint density at radius 3 is 3.00 bits per heavy atom. The summed E-state index contributed by atoms with van der Waals surface area (Å²) < 4.78 is 19.3. The molecule has 0 atom stereocenters. The van der Waals surface area contributed by atoms with Crippen molar-refractivity contribution in [1.29, 1.82) is 0 Å². The SMILES string of the molecule is CC(C)NC(=O)c1cnc2nc1Nc1ccc(F)c(c1)OC/C=C\CN2. The summed E-state index contributed by atoms with van der Waals surface area (Å²) in [6, 6.07) is 4.35. The van der Waals surface area contributed by atoms with E-state index >= 15 is 0 Å². The van der Waals surface area contributed by atoms with Crippen molar-refractivity contribution in [1.82, 2.24) is 15.3 Å². The fraction of sp³-hybridized carbons (Fsp3) is 0.278. The summed E-state index contributed by atoms with van der Waals surface area (Å²) in [5, 5.41) is 8.91. The second-order valence-corrected chi connectivity index (χ2v) is 6.02. The number of anilines is 3. The highest BCUT2D eigenvalue weighted by Crippen LogP contribution is 2.26. The number of aromatic nitrogens is 2. The molecule has 136 valence electrons. The van der Waals surface area contributed by atoms with Gasteiger partial charge in [0.1, 0.15) is 18.0 Å². The van der Waals surface area contributed by atoms with Crippen molar-refractivity contribution < 1.29 is 13.9 Å². The second-order valence-electron chi connectivity index (χ2n) is 6.02. The van der Waals surface area contributed by atoms with Gasteiger partial charge >= 0.3 is 0 Å². The van der Waals surface area contributed by atoms with Gasteiger partial charge in [-0.25, -0.2) is 9.37 Å². The maximum atomic E-state index is 13.9. The third-order valence-corrected chi connectivity index (χ3v) is 3.53. The normalized spacial score (nSPS) is 14.6. The van der Waals surface area contributed by atoms with Crippen LogP contribution in [0.2, 0.25) is 0 Å². The zero-order valence-electron chi connectivity index (χ0n) is 14.5. The van der Waals surface area contributed by atoms with Gasteiger partial charge in [-0.1, -0.05) is 6.08 Å². The third-order valence-electron chi connectivity index (χ3n) is 3.53. The van der Waals surface area contributed by atoms with Gasteiger partial charge in [0.15, 0.2) is 11.6 Å². The molecule has 1 aromatic carbocycles. The predicted molar refractivity (Wildman–Crippen MR) is 97.4 cm³/mol. The molecule has 4 bridgehead atoms. The molecule has 2 heterocycles. The van der Waals surface area contributed by atoms with E-state index in [-0.39, 0.29) is 24.3 Å². The van der Waals surface area contributed by atoms with Crippen LogP contribution < -0.4 is 20.7 Å². The molecule has 1 amide bonds. The molecular weight excluding hydrogens is 337 g/mol. The number of ether oxygens (including phenoxy) is 1. The van der Waals surface area contributed by atoms with Gasteiger partial charge in [-0.2, -0.15) is 4.98 Å². The van der Waals surface area contributed by atoms with Crippen LogP contribution in [0.4, 0.5) is 21.8 Å². The summed E-state index contributed by atoms with van der Waals surface area (Å²) >= 11 is 0. The lowest BCUT2D eigenvalue weighted by molar-refractivity contribution is 0.0943. The number of amides is 1. The van der Waals surface area contributed by atoms with Gasteiger partial charge in [0, 0.05) is 30.5 Å². The number of nitrogens with one attached hydrogen (secondary N) is 3.